The highest BCUT2D eigenvalue weighted by atomic mass is 32.2. The van der Waals surface area contributed by atoms with Crippen molar-refractivity contribution in [1.82, 2.24) is 14.7 Å². The summed E-state index contributed by atoms with van der Waals surface area (Å²) < 4.78 is 57.4. The molecule has 0 aliphatic carbocycles. The van der Waals surface area contributed by atoms with E-state index in [0.717, 1.165) is 11.1 Å². The summed E-state index contributed by atoms with van der Waals surface area (Å²) in [5.74, 6) is -3.52. The van der Waals surface area contributed by atoms with Crippen LogP contribution < -0.4 is 10.2 Å². The number of rotatable bonds is 12. The summed E-state index contributed by atoms with van der Waals surface area (Å²) >= 11 is 0. The molecule has 1 aliphatic rings. The first-order chi connectivity index (χ1) is 23.7. The van der Waals surface area contributed by atoms with Gasteiger partial charge in [-0.25, -0.2) is 4.39 Å². The lowest BCUT2D eigenvalue weighted by atomic mass is 9.77. The molecule has 0 bridgehead atoms. The number of carbonyl (C=O) groups excluding carboxylic acids is 1. The smallest absolute Gasteiger partial charge is 0.278 e. The molecule has 0 unspecified atom stereocenters. The zero-order chi connectivity index (χ0) is 34.4. The number of nitrogens with zero attached hydrogens (tertiary/aromatic N) is 3. The van der Waals surface area contributed by atoms with E-state index in [1.807, 2.05) is 78.9 Å². The number of likely N-dealkylation sites (tertiary alicyclic amines) is 1. The number of hydrogen-bond donors (Lipinski definition) is 1. The highest BCUT2D eigenvalue weighted by Gasteiger charge is 2.43. The fourth-order valence-electron chi connectivity index (χ4n) is 6.69. The van der Waals surface area contributed by atoms with Gasteiger partial charge in [-0.15, -0.1) is 0 Å². The van der Waals surface area contributed by atoms with Gasteiger partial charge in [-0.2, -0.15) is 13.5 Å². The van der Waals surface area contributed by atoms with Crippen LogP contribution in [0.25, 0.3) is 0 Å². The number of hydrogen-bond acceptors (Lipinski definition) is 6. The van der Waals surface area contributed by atoms with Gasteiger partial charge in [0.05, 0.1) is 18.5 Å². The lowest BCUT2D eigenvalue weighted by molar-refractivity contribution is 0.0675. The van der Waals surface area contributed by atoms with Crippen LogP contribution in [0.2, 0.25) is 0 Å². The fourth-order valence-corrected chi connectivity index (χ4v) is 7.59. The maximum atomic E-state index is 14.6. The van der Waals surface area contributed by atoms with E-state index in [-0.39, 0.29) is 31.1 Å². The lowest BCUT2D eigenvalue weighted by Gasteiger charge is -2.36. The van der Waals surface area contributed by atoms with Crippen molar-refractivity contribution in [3.63, 3.8) is 0 Å². The molecule has 252 valence electrons. The number of benzene rings is 4. The van der Waals surface area contributed by atoms with Crippen LogP contribution in [-0.4, -0.2) is 51.9 Å². The minimum absolute atomic E-state index is 0.0507. The Balaban J connectivity index is 1.41. The minimum Gasteiger partial charge on any atom is -0.483 e. The average molecular weight is 682 g/mol. The quantitative estimate of drug-likeness (QED) is 0.162. The predicted molar refractivity (Wildman–Crippen MR) is 183 cm³/mol. The van der Waals surface area contributed by atoms with Gasteiger partial charge in [-0.1, -0.05) is 103 Å². The fraction of sp³-hybridized carbons (Fsp3) is 0.237. The summed E-state index contributed by atoms with van der Waals surface area (Å²) in [5, 5.41) is 4.48. The van der Waals surface area contributed by atoms with E-state index in [4.69, 9.17) is 4.74 Å². The molecule has 4 aromatic carbocycles. The van der Waals surface area contributed by atoms with Gasteiger partial charge in [0, 0.05) is 24.4 Å². The van der Waals surface area contributed by atoms with Gasteiger partial charge in [0.25, 0.3) is 21.5 Å². The Labute approximate surface area is 284 Å². The molecule has 11 heteroatoms. The summed E-state index contributed by atoms with van der Waals surface area (Å²) in [6.07, 6.45) is 2.39. The molecule has 9 nitrogen and oxygen atoms in total. The summed E-state index contributed by atoms with van der Waals surface area (Å²) in [6, 6.07) is 32.9. The highest BCUT2D eigenvalue weighted by molar-refractivity contribution is 7.85. The molecule has 1 aromatic heterocycles. The van der Waals surface area contributed by atoms with E-state index in [0.29, 0.717) is 24.0 Å². The van der Waals surface area contributed by atoms with E-state index >= 15 is 0 Å². The largest absolute Gasteiger partial charge is 0.483 e. The van der Waals surface area contributed by atoms with Gasteiger partial charge in [0.15, 0.2) is 11.4 Å². The van der Waals surface area contributed by atoms with E-state index in [1.54, 1.807) is 24.3 Å². The molecule has 0 radical (unpaired) electrons. The van der Waals surface area contributed by atoms with E-state index < -0.39 is 50.9 Å². The summed E-state index contributed by atoms with van der Waals surface area (Å²) in [6.45, 7) is 0.576. The topological polar surface area (TPSA) is 119 Å². The SMILES string of the molecule is O=C(c1nn(Cc2ccccc2)cc(OCc2ccccc2)c1=O)N1CCC[C@@H]1[C@H](CS(=O)(=O)O)[C@H](c1ccccc1)c1cccc(F)c1. The van der Waals surface area contributed by atoms with Crippen molar-refractivity contribution in [2.75, 3.05) is 12.3 Å². The molecule has 0 saturated carbocycles. The summed E-state index contributed by atoms with van der Waals surface area (Å²) in [5.41, 5.74) is 1.87. The second kappa shape index (κ2) is 15.0. The molecule has 1 saturated heterocycles. The molecule has 6 rings (SSSR count). The standard InChI is InChI=1S/C38H36FN3O6S/c39-31-19-10-18-30(22-31)35(29-16-8-3-9-17-29)32(26-49(45,46)47)33-20-11-21-42(33)38(44)36-37(43)34(48-25-28-14-6-2-7-15-28)24-41(40-36)23-27-12-4-1-5-13-27/h1-10,12-19,22,24,32-33,35H,11,20-21,23,25-26H2,(H,45,46,47)/t32-,33+,35+/m0/s1. The van der Waals surface area contributed by atoms with Crippen LogP contribution >= 0.6 is 0 Å². The maximum Gasteiger partial charge on any atom is 0.278 e. The Morgan fingerprint density at radius 1 is 0.898 bits per heavy atom. The number of halogens is 1. The van der Waals surface area contributed by atoms with Crippen LogP contribution in [0.15, 0.2) is 126 Å². The molecule has 0 spiro atoms. The number of aromatic nitrogens is 2. The Hall–Kier alpha value is -5.13. The number of carbonyl (C=O) groups is 1. The molecule has 2 heterocycles. The Morgan fingerprint density at radius 3 is 2.18 bits per heavy atom. The van der Waals surface area contributed by atoms with E-state index in [1.165, 1.54) is 27.9 Å². The third kappa shape index (κ3) is 8.30. The molecule has 5 aromatic rings. The molecule has 1 fully saturated rings. The molecule has 1 N–H and O–H groups in total. The molecule has 49 heavy (non-hydrogen) atoms. The lowest BCUT2D eigenvalue weighted by Crippen LogP contribution is -2.46. The Kier molecular flexibility index (Phi) is 10.3. The number of amides is 1. The Bertz CT molecular complexity index is 2060. The van der Waals surface area contributed by atoms with E-state index in [9.17, 15) is 27.0 Å². The first-order valence-electron chi connectivity index (χ1n) is 16.1. The van der Waals surface area contributed by atoms with Crippen LogP contribution in [0.1, 0.15) is 51.5 Å². The van der Waals surface area contributed by atoms with Crippen molar-refractivity contribution in [3.8, 4) is 5.75 Å². The van der Waals surface area contributed by atoms with Gasteiger partial charge < -0.3 is 9.64 Å². The van der Waals surface area contributed by atoms with E-state index in [2.05, 4.69) is 5.10 Å². The minimum atomic E-state index is -4.57. The molecule has 1 aliphatic heterocycles. The zero-order valence-corrected chi connectivity index (χ0v) is 27.5. The second-order valence-electron chi connectivity index (χ2n) is 12.2. The maximum absolute atomic E-state index is 14.6. The average Bonchev–Trinajstić information content (AvgIpc) is 3.59. The Morgan fingerprint density at radius 2 is 1.53 bits per heavy atom. The van der Waals surface area contributed by atoms with Crippen LogP contribution in [0, 0.1) is 11.7 Å². The summed E-state index contributed by atoms with van der Waals surface area (Å²) in [7, 11) is -4.57. The predicted octanol–water partition coefficient (Wildman–Crippen LogP) is 5.95. The van der Waals surface area contributed by atoms with Crippen LogP contribution in [0.5, 0.6) is 5.75 Å². The third-order valence-corrected chi connectivity index (χ3v) is 9.62. The zero-order valence-electron chi connectivity index (χ0n) is 26.6. The van der Waals surface area contributed by atoms with Crippen molar-refractivity contribution in [2.24, 2.45) is 5.92 Å². The van der Waals surface area contributed by atoms with Crippen LogP contribution in [0.3, 0.4) is 0 Å². The van der Waals surface area contributed by atoms with Crippen molar-refractivity contribution < 1.29 is 26.9 Å². The van der Waals surface area contributed by atoms with Gasteiger partial charge in [-0.3, -0.25) is 18.8 Å². The van der Waals surface area contributed by atoms with Crippen molar-refractivity contribution in [2.45, 2.75) is 38.0 Å². The van der Waals surface area contributed by atoms with Crippen molar-refractivity contribution >= 4 is 16.0 Å². The van der Waals surface area contributed by atoms with Gasteiger partial charge >= 0.3 is 0 Å². The van der Waals surface area contributed by atoms with Crippen molar-refractivity contribution in [1.29, 1.82) is 0 Å². The van der Waals surface area contributed by atoms with Crippen molar-refractivity contribution in [3.05, 3.63) is 165 Å². The third-order valence-electron chi connectivity index (χ3n) is 8.81. The first-order valence-corrected chi connectivity index (χ1v) is 17.7. The highest BCUT2D eigenvalue weighted by Crippen LogP contribution is 2.40. The normalized spacial score (nSPS) is 15.9. The molecule has 3 atom stereocenters. The van der Waals surface area contributed by atoms with Gasteiger partial charge in [0.1, 0.15) is 12.4 Å². The monoisotopic (exact) mass is 681 g/mol. The number of ether oxygens (including phenoxy) is 1. The molecular weight excluding hydrogens is 645 g/mol. The molecular formula is C38H36FN3O6S. The van der Waals surface area contributed by atoms with Gasteiger partial charge in [0.2, 0.25) is 0 Å². The molecule has 1 amide bonds. The van der Waals surface area contributed by atoms with Crippen LogP contribution in [0.4, 0.5) is 4.39 Å². The summed E-state index contributed by atoms with van der Waals surface area (Å²) in [4.78, 5) is 29.8. The van der Waals surface area contributed by atoms with Gasteiger partial charge in [-0.05, 0) is 47.2 Å². The first kappa shape index (κ1) is 33.8. The second-order valence-corrected chi connectivity index (χ2v) is 13.7. The van der Waals surface area contributed by atoms with Crippen LogP contribution in [-0.2, 0) is 23.3 Å².